The summed E-state index contributed by atoms with van der Waals surface area (Å²) < 4.78 is 0. The van der Waals surface area contributed by atoms with Gasteiger partial charge >= 0.3 is 0 Å². The zero-order valence-corrected chi connectivity index (χ0v) is 11.2. The minimum absolute atomic E-state index is 0.243. The third kappa shape index (κ3) is 2.58. The molecule has 0 aromatic carbocycles. The van der Waals surface area contributed by atoms with Crippen LogP contribution in [0.5, 0.6) is 0 Å². The van der Waals surface area contributed by atoms with Crippen molar-refractivity contribution in [2.45, 2.75) is 25.7 Å². The number of hydrazone groups is 1. The van der Waals surface area contributed by atoms with E-state index in [4.69, 9.17) is 0 Å². The van der Waals surface area contributed by atoms with Gasteiger partial charge in [-0.05, 0) is 37.1 Å². The Hall–Kier alpha value is -1.95. The number of hydrogen-bond donors (Lipinski definition) is 2. The Morgan fingerprint density at radius 3 is 3.21 bits per heavy atom. The number of fused-ring (bicyclic) bond motifs is 1. The van der Waals surface area contributed by atoms with Crippen LogP contribution in [0.3, 0.4) is 0 Å². The van der Waals surface area contributed by atoms with Crippen LogP contribution in [-0.2, 0) is 12.8 Å². The monoisotopic (exact) mass is 274 g/mol. The van der Waals surface area contributed by atoms with Crippen molar-refractivity contribution in [3.8, 4) is 0 Å². The van der Waals surface area contributed by atoms with Crippen molar-refractivity contribution in [1.82, 2.24) is 15.6 Å². The van der Waals surface area contributed by atoms with Gasteiger partial charge in [0.15, 0.2) is 5.69 Å². The molecule has 6 heteroatoms. The van der Waals surface area contributed by atoms with Crippen LogP contribution >= 0.6 is 11.3 Å². The van der Waals surface area contributed by atoms with E-state index in [1.165, 1.54) is 0 Å². The highest BCUT2D eigenvalue weighted by molar-refractivity contribution is 7.11. The minimum atomic E-state index is -0.243. The van der Waals surface area contributed by atoms with Crippen molar-refractivity contribution in [3.05, 3.63) is 39.3 Å². The molecule has 2 aromatic heterocycles. The molecule has 2 N–H and O–H groups in total. The van der Waals surface area contributed by atoms with Gasteiger partial charge in [-0.2, -0.15) is 10.2 Å². The number of aromatic amines is 1. The zero-order valence-electron chi connectivity index (χ0n) is 10.3. The molecule has 2 heterocycles. The van der Waals surface area contributed by atoms with E-state index in [1.807, 2.05) is 17.5 Å². The van der Waals surface area contributed by atoms with Gasteiger partial charge in [-0.1, -0.05) is 6.07 Å². The molecule has 5 nitrogen and oxygen atoms in total. The Morgan fingerprint density at radius 2 is 2.37 bits per heavy atom. The second-order valence-corrected chi connectivity index (χ2v) is 5.43. The topological polar surface area (TPSA) is 70.1 Å². The van der Waals surface area contributed by atoms with E-state index in [9.17, 15) is 4.79 Å². The molecule has 0 spiro atoms. The van der Waals surface area contributed by atoms with Gasteiger partial charge in [-0.15, -0.1) is 11.3 Å². The molecule has 19 heavy (non-hydrogen) atoms. The van der Waals surface area contributed by atoms with E-state index in [0.717, 1.165) is 41.8 Å². The Bertz CT molecular complexity index is 600. The number of amides is 1. The molecule has 0 saturated carbocycles. The maximum atomic E-state index is 12.0. The normalized spacial score (nSPS) is 14.5. The number of nitrogens with zero attached hydrogens (tertiary/aromatic N) is 2. The molecule has 3 rings (SSSR count). The Labute approximate surface area is 114 Å². The smallest absolute Gasteiger partial charge is 0.281 e. The lowest BCUT2D eigenvalue weighted by Gasteiger charge is -2.10. The second-order valence-electron chi connectivity index (χ2n) is 4.45. The summed E-state index contributed by atoms with van der Waals surface area (Å²) in [7, 11) is 0. The number of hydrogen-bond acceptors (Lipinski definition) is 4. The lowest BCUT2D eigenvalue weighted by Crippen LogP contribution is -2.20. The molecule has 0 bridgehead atoms. The predicted molar refractivity (Wildman–Crippen MR) is 74.6 cm³/mol. The molecule has 0 aliphatic heterocycles. The summed E-state index contributed by atoms with van der Waals surface area (Å²) >= 11 is 1.57. The van der Waals surface area contributed by atoms with Crippen LogP contribution in [0.1, 0.15) is 39.5 Å². The number of carbonyl (C=O) groups is 1. The largest absolute Gasteiger partial charge is 0.292 e. The average molecular weight is 274 g/mol. The summed E-state index contributed by atoms with van der Waals surface area (Å²) in [4.78, 5) is 13.0. The van der Waals surface area contributed by atoms with Crippen molar-refractivity contribution in [1.29, 1.82) is 0 Å². The molecular formula is C13H14N4OS. The summed E-state index contributed by atoms with van der Waals surface area (Å²) in [6.45, 7) is 0. The highest BCUT2D eigenvalue weighted by Gasteiger charge is 2.21. The van der Waals surface area contributed by atoms with Crippen molar-refractivity contribution in [2.24, 2.45) is 5.10 Å². The number of aryl methyl sites for hydroxylation is 1. The van der Waals surface area contributed by atoms with Gasteiger partial charge in [-0.3, -0.25) is 9.89 Å². The molecule has 0 radical (unpaired) electrons. The number of rotatable bonds is 3. The summed E-state index contributed by atoms with van der Waals surface area (Å²) in [6.07, 6.45) is 5.82. The third-order valence-corrected chi connectivity index (χ3v) is 3.98. The fraction of sp³-hybridized carbons (Fsp3) is 0.308. The first-order valence-corrected chi connectivity index (χ1v) is 7.15. The predicted octanol–water partition coefficient (Wildman–Crippen LogP) is 2.11. The fourth-order valence-corrected chi connectivity index (χ4v) is 2.83. The maximum Gasteiger partial charge on any atom is 0.292 e. The number of H-pyrrole nitrogens is 1. The number of nitrogens with one attached hydrogen (secondary N) is 2. The van der Waals surface area contributed by atoms with E-state index in [0.29, 0.717) is 5.69 Å². The number of aromatic nitrogens is 2. The first-order chi connectivity index (χ1) is 9.34. The quantitative estimate of drug-likeness (QED) is 0.665. The van der Waals surface area contributed by atoms with Gasteiger partial charge < -0.3 is 0 Å². The van der Waals surface area contributed by atoms with Crippen LogP contribution in [-0.4, -0.2) is 22.3 Å². The van der Waals surface area contributed by atoms with Crippen molar-refractivity contribution >= 4 is 23.5 Å². The highest BCUT2D eigenvalue weighted by Crippen LogP contribution is 2.21. The van der Waals surface area contributed by atoms with E-state index in [1.54, 1.807) is 17.6 Å². The highest BCUT2D eigenvalue weighted by atomic mass is 32.1. The maximum absolute atomic E-state index is 12.0. The van der Waals surface area contributed by atoms with Crippen LogP contribution in [0.2, 0.25) is 0 Å². The average Bonchev–Trinajstić information content (AvgIpc) is 3.07. The molecule has 98 valence electrons. The third-order valence-electron chi connectivity index (χ3n) is 3.17. The Kier molecular flexibility index (Phi) is 3.41. The van der Waals surface area contributed by atoms with Gasteiger partial charge in [0, 0.05) is 16.1 Å². The molecule has 1 aliphatic rings. The summed E-state index contributed by atoms with van der Waals surface area (Å²) in [5.74, 6) is -0.243. The Balaban J connectivity index is 1.69. The molecule has 0 saturated heterocycles. The van der Waals surface area contributed by atoms with E-state index < -0.39 is 0 Å². The molecule has 1 amide bonds. The zero-order chi connectivity index (χ0) is 13.1. The first-order valence-electron chi connectivity index (χ1n) is 6.27. The van der Waals surface area contributed by atoms with Gasteiger partial charge in [0.25, 0.3) is 5.91 Å². The first kappa shape index (κ1) is 12.1. The van der Waals surface area contributed by atoms with Crippen LogP contribution in [0.4, 0.5) is 0 Å². The van der Waals surface area contributed by atoms with Gasteiger partial charge in [0.1, 0.15) is 0 Å². The Morgan fingerprint density at radius 1 is 1.47 bits per heavy atom. The van der Waals surface area contributed by atoms with Crippen molar-refractivity contribution < 1.29 is 4.79 Å². The van der Waals surface area contributed by atoms with E-state index in [2.05, 4.69) is 20.7 Å². The summed E-state index contributed by atoms with van der Waals surface area (Å²) in [5, 5.41) is 13.0. The van der Waals surface area contributed by atoms with Gasteiger partial charge in [0.05, 0.1) is 6.21 Å². The van der Waals surface area contributed by atoms with Crippen LogP contribution in [0, 0.1) is 0 Å². The number of thiophene rings is 1. The van der Waals surface area contributed by atoms with Crippen LogP contribution in [0.15, 0.2) is 22.6 Å². The fourth-order valence-electron chi connectivity index (χ4n) is 2.24. The molecule has 2 aromatic rings. The number of carbonyl (C=O) groups excluding carboxylic acids is 1. The summed E-state index contributed by atoms with van der Waals surface area (Å²) in [5.41, 5.74) is 5.16. The second kappa shape index (κ2) is 5.36. The SMILES string of the molecule is O=C(N/N=C/c1cccs1)c1n[nH]c2c1CCCC2. The van der Waals surface area contributed by atoms with Crippen LogP contribution < -0.4 is 5.43 Å². The lowest BCUT2D eigenvalue weighted by atomic mass is 9.96. The van der Waals surface area contributed by atoms with Crippen LogP contribution in [0.25, 0.3) is 0 Å². The van der Waals surface area contributed by atoms with Crippen molar-refractivity contribution in [3.63, 3.8) is 0 Å². The standard InChI is InChI=1S/C13H14N4OS/c18-13(17-14-8-9-4-3-7-19-9)12-10-5-1-2-6-11(10)15-16-12/h3-4,7-8H,1-2,5-6H2,(H,15,16)(H,17,18)/b14-8+. The molecular weight excluding hydrogens is 260 g/mol. The van der Waals surface area contributed by atoms with Gasteiger partial charge in [0.2, 0.25) is 0 Å². The minimum Gasteiger partial charge on any atom is -0.281 e. The molecule has 1 aliphatic carbocycles. The van der Waals surface area contributed by atoms with Gasteiger partial charge in [-0.25, -0.2) is 5.43 Å². The molecule has 0 atom stereocenters. The molecule has 0 unspecified atom stereocenters. The van der Waals surface area contributed by atoms with E-state index in [-0.39, 0.29) is 5.91 Å². The summed E-state index contributed by atoms with van der Waals surface area (Å²) in [6, 6.07) is 3.88. The molecule has 0 fully saturated rings. The lowest BCUT2D eigenvalue weighted by molar-refractivity contribution is 0.0949. The van der Waals surface area contributed by atoms with E-state index >= 15 is 0 Å². The van der Waals surface area contributed by atoms with Crippen molar-refractivity contribution in [2.75, 3.05) is 0 Å².